The maximum absolute atomic E-state index is 5.45. The van der Waals surface area contributed by atoms with E-state index in [1.165, 1.54) is 12.8 Å². The van der Waals surface area contributed by atoms with Gasteiger partial charge < -0.3 is 15.4 Å². The first-order valence-corrected chi connectivity index (χ1v) is 7.24. The fraction of sp³-hybridized carbons (Fsp3) is 0.929. The molecule has 1 aliphatic rings. The third-order valence-electron chi connectivity index (χ3n) is 3.28. The lowest BCUT2D eigenvalue weighted by atomic mass is 10.0. The Balaban J connectivity index is 2.38. The van der Waals surface area contributed by atoms with Crippen LogP contribution in [0.3, 0.4) is 0 Å². The number of nitrogens with zero attached hydrogens (tertiary/aromatic N) is 1. The second kappa shape index (κ2) is 7.62. The topological polar surface area (TPSA) is 45.7 Å². The second-order valence-electron chi connectivity index (χ2n) is 5.44. The molecule has 0 aliphatic heterocycles. The van der Waals surface area contributed by atoms with Gasteiger partial charge in [0.15, 0.2) is 5.96 Å². The van der Waals surface area contributed by atoms with E-state index in [1.54, 1.807) is 0 Å². The first-order valence-electron chi connectivity index (χ1n) is 7.24. The average Bonchev–Trinajstić information content (AvgIpc) is 3.07. The van der Waals surface area contributed by atoms with Crippen molar-refractivity contribution in [2.75, 3.05) is 26.3 Å². The van der Waals surface area contributed by atoms with Gasteiger partial charge in [-0.1, -0.05) is 0 Å². The standard InChI is InChI=1S/C14H29N3O/c1-5-15-13(17-12(3)4)16-11-14(7-8-14)9-10-18-6-2/h12H,5-11H2,1-4H3,(H2,15,16,17). The van der Waals surface area contributed by atoms with Crippen molar-refractivity contribution in [1.29, 1.82) is 0 Å². The summed E-state index contributed by atoms with van der Waals surface area (Å²) in [7, 11) is 0. The first kappa shape index (κ1) is 15.3. The summed E-state index contributed by atoms with van der Waals surface area (Å²) >= 11 is 0. The normalized spacial score (nSPS) is 17.9. The minimum Gasteiger partial charge on any atom is -0.382 e. The summed E-state index contributed by atoms with van der Waals surface area (Å²) in [4.78, 5) is 4.71. The van der Waals surface area contributed by atoms with E-state index in [0.29, 0.717) is 11.5 Å². The average molecular weight is 255 g/mol. The van der Waals surface area contributed by atoms with Crippen LogP contribution in [0.15, 0.2) is 4.99 Å². The molecule has 1 aliphatic carbocycles. The van der Waals surface area contributed by atoms with Gasteiger partial charge in [-0.25, -0.2) is 0 Å². The first-order chi connectivity index (χ1) is 8.62. The number of nitrogens with one attached hydrogen (secondary N) is 2. The molecule has 1 fully saturated rings. The Bertz CT molecular complexity index is 260. The van der Waals surface area contributed by atoms with Crippen LogP contribution in [0.2, 0.25) is 0 Å². The van der Waals surface area contributed by atoms with Gasteiger partial charge in [0.1, 0.15) is 0 Å². The number of ether oxygens (including phenoxy) is 1. The quantitative estimate of drug-likeness (QED) is 0.397. The highest BCUT2D eigenvalue weighted by Crippen LogP contribution is 2.48. The second-order valence-corrected chi connectivity index (χ2v) is 5.44. The van der Waals surface area contributed by atoms with Crippen LogP contribution in [-0.2, 0) is 4.74 Å². The molecule has 0 spiro atoms. The molecule has 1 saturated carbocycles. The predicted molar refractivity (Wildman–Crippen MR) is 77.0 cm³/mol. The Morgan fingerprint density at radius 1 is 1.33 bits per heavy atom. The maximum atomic E-state index is 5.45. The molecule has 0 heterocycles. The number of hydrogen-bond acceptors (Lipinski definition) is 2. The van der Waals surface area contributed by atoms with E-state index in [0.717, 1.165) is 38.7 Å². The summed E-state index contributed by atoms with van der Waals surface area (Å²) in [6.07, 6.45) is 3.74. The fourth-order valence-electron chi connectivity index (χ4n) is 1.94. The molecular weight excluding hydrogens is 226 g/mol. The molecule has 4 heteroatoms. The van der Waals surface area contributed by atoms with Crippen molar-refractivity contribution < 1.29 is 4.74 Å². The smallest absolute Gasteiger partial charge is 0.191 e. The number of hydrogen-bond donors (Lipinski definition) is 2. The van der Waals surface area contributed by atoms with E-state index in [1.807, 2.05) is 6.92 Å². The fourth-order valence-corrected chi connectivity index (χ4v) is 1.94. The van der Waals surface area contributed by atoms with Gasteiger partial charge in [0.25, 0.3) is 0 Å². The van der Waals surface area contributed by atoms with E-state index in [-0.39, 0.29) is 0 Å². The Morgan fingerprint density at radius 3 is 2.56 bits per heavy atom. The van der Waals surface area contributed by atoms with Crippen LogP contribution in [0.4, 0.5) is 0 Å². The summed E-state index contributed by atoms with van der Waals surface area (Å²) < 4.78 is 5.45. The molecule has 0 saturated heterocycles. The summed E-state index contributed by atoms with van der Waals surface area (Å²) in [6, 6.07) is 0.418. The highest BCUT2D eigenvalue weighted by molar-refractivity contribution is 5.80. The molecule has 0 radical (unpaired) electrons. The van der Waals surface area contributed by atoms with E-state index in [4.69, 9.17) is 9.73 Å². The Morgan fingerprint density at radius 2 is 2.06 bits per heavy atom. The number of guanidine groups is 1. The molecule has 0 atom stereocenters. The van der Waals surface area contributed by atoms with Crippen molar-refractivity contribution in [1.82, 2.24) is 10.6 Å². The zero-order valence-electron chi connectivity index (χ0n) is 12.4. The number of rotatable bonds is 8. The van der Waals surface area contributed by atoms with Crippen molar-refractivity contribution in [3.05, 3.63) is 0 Å². The van der Waals surface area contributed by atoms with Gasteiger partial charge in [-0.2, -0.15) is 0 Å². The summed E-state index contributed by atoms with van der Waals surface area (Å²) in [5.74, 6) is 0.940. The molecule has 1 rings (SSSR count). The lowest BCUT2D eigenvalue weighted by Gasteiger charge is -2.17. The maximum Gasteiger partial charge on any atom is 0.191 e. The SMILES string of the molecule is CCNC(=NCC1(CCOCC)CC1)NC(C)C. The molecule has 2 N–H and O–H groups in total. The Labute approximate surface area is 112 Å². The molecule has 0 unspecified atom stereocenters. The summed E-state index contributed by atoms with van der Waals surface area (Å²) in [6.45, 7) is 11.9. The molecule has 4 nitrogen and oxygen atoms in total. The molecule has 0 bridgehead atoms. The minimum absolute atomic E-state index is 0.418. The van der Waals surface area contributed by atoms with Crippen LogP contribution >= 0.6 is 0 Å². The largest absolute Gasteiger partial charge is 0.382 e. The van der Waals surface area contributed by atoms with Crippen LogP contribution < -0.4 is 10.6 Å². The minimum atomic E-state index is 0.418. The van der Waals surface area contributed by atoms with Gasteiger partial charge in [-0.05, 0) is 52.4 Å². The molecule has 0 amide bonds. The highest BCUT2D eigenvalue weighted by Gasteiger charge is 2.41. The predicted octanol–water partition coefficient (Wildman–Crippen LogP) is 2.16. The van der Waals surface area contributed by atoms with E-state index < -0.39 is 0 Å². The van der Waals surface area contributed by atoms with Gasteiger partial charge in [0, 0.05) is 32.3 Å². The van der Waals surface area contributed by atoms with E-state index >= 15 is 0 Å². The van der Waals surface area contributed by atoms with Crippen molar-refractivity contribution >= 4 is 5.96 Å². The monoisotopic (exact) mass is 255 g/mol. The van der Waals surface area contributed by atoms with Crippen LogP contribution in [0.1, 0.15) is 47.0 Å². The van der Waals surface area contributed by atoms with Crippen molar-refractivity contribution in [3.63, 3.8) is 0 Å². The molecule has 0 aromatic rings. The Hall–Kier alpha value is -0.770. The van der Waals surface area contributed by atoms with Crippen LogP contribution in [0.5, 0.6) is 0 Å². The lowest BCUT2D eigenvalue weighted by molar-refractivity contribution is 0.129. The third-order valence-corrected chi connectivity index (χ3v) is 3.28. The molecule has 0 aromatic heterocycles. The summed E-state index contributed by atoms with van der Waals surface area (Å²) in [5, 5.41) is 6.65. The van der Waals surface area contributed by atoms with Gasteiger partial charge in [-0.15, -0.1) is 0 Å². The molecule has 106 valence electrons. The van der Waals surface area contributed by atoms with Gasteiger partial charge in [0.2, 0.25) is 0 Å². The van der Waals surface area contributed by atoms with Gasteiger partial charge >= 0.3 is 0 Å². The van der Waals surface area contributed by atoms with Crippen LogP contribution in [-0.4, -0.2) is 38.3 Å². The zero-order valence-corrected chi connectivity index (χ0v) is 12.4. The molecular formula is C14H29N3O. The van der Waals surface area contributed by atoms with E-state index in [2.05, 4.69) is 31.4 Å². The van der Waals surface area contributed by atoms with Crippen molar-refractivity contribution in [2.45, 2.75) is 53.0 Å². The van der Waals surface area contributed by atoms with E-state index in [9.17, 15) is 0 Å². The van der Waals surface area contributed by atoms with Crippen molar-refractivity contribution in [3.8, 4) is 0 Å². The van der Waals surface area contributed by atoms with Crippen LogP contribution in [0.25, 0.3) is 0 Å². The molecule has 18 heavy (non-hydrogen) atoms. The van der Waals surface area contributed by atoms with Crippen molar-refractivity contribution in [2.24, 2.45) is 10.4 Å². The van der Waals surface area contributed by atoms with Crippen LogP contribution in [0, 0.1) is 5.41 Å². The van der Waals surface area contributed by atoms with Gasteiger partial charge in [-0.3, -0.25) is 4.99 Å². The Kier molecular flexibility index (Phi) is 6.47. The lowest BCUT2D eigenvalue weighted by Crippen LogP contribution is -2.41. The number of aliphatic imine (C=N–C) groups is 1. The summed E-state index contributed by atoms with van der Waals surface area (Å²) in [5.41, 5.74) is 0.425. The zero-order chi connectivity index (χ0) is 13.4. The highest BCUT2D eigenvalue weighted by atomic mass is 16.5. The third kappa shape index (κ3) is 5.71. The van der Waals surface area contributed by atoms with Gasteiger partial charge in [0.05, 0.1) is 0 Å². The molecule has 0 aromatic carbocycles.